The number of nitrogens with one attached hydrogen (secondary N) is 4. The van der Waals surface area contributed by atoms with Gasteiger partial charge in [-0.15, -0.1) is 0 Å². The number of nitrogens with zero attached hydrogens (tertiary/aromatic N) is 4. The minimum Gasteiger partial charge on any atom is -0.494 e. The third-order valence-electron chi connectivity index (χ3n) is 10.4. The first kappa shape index (κ1) is 40.9. The number of amides is 4. The van der Waals surface area contributed by atoms with Crippen molar-refractivity contribution in [1.82, 2.24) is 30.7 Å². The fourth-order valence-electron chi connectivity index (χ4n) is 7.18. The third kappa shape index (κ3) is 10.1. The molecule has 0 bridgehead atoms. The van der Waals surface area contributed by atoms with Crippen LogP contribution < -0.4 is 25.6 Å². The zero-order valence-corrected chi connectivity index (χ0v) is 33.1. The summed E-state index contributed by atoms with van der Waals surface area (Å²) in [6, 6.07) is 18.5. The normalized spacial score (nSPS) is 17.9. The monoisotopic (exact) mass is 780 g/mol. The Morgan fingerprint density at radius 1 is 1.00 bits per heavy atom. The number of aromatic nitrogens is 3. The summed E-state index contributed by atoms with van der Waals surface area (Å²) < 4.78 is 11.7. The van der Waals surface area contributed by atoms with Crippen LogP contribution in [0.2, 0.25) is 0 Å². The first-order chi connectivity index (χ1) is 27.3. The number of piperidine rings is 1. The summed E-state index contributed by atoms with van der Waals surface area (Å²) in [6.45, 7) is 8.92. The van der Waals surface area contributed by atoms with Crippen LogP contribution in [0.4, 0.5) is 11.4 Å². The van der Waals surface area contributed by atoms with Crippen molar-refractivity contribution in [3.05, 3.63) is 89.7 Å². The summed E-state index contributed by atoms with van der Waals surface area (Å²) in [4.78, 5) is 61.7. The molecule has 2 aliphatic heterocycles. The number of carbonyl (C=O) groups is 4. The number of β-amino-alcohol motifs (C(OH)–C–C–N with tert-alkyl or cyclic N) is 1. The van der Waals surface area contributed by atoms with Gasteiger partial charge < -0.3 is 40.3 Å². The number of aromatic amines is 1. The van der Waals surface area contributed by atoms with Gasteiger partial charge in [0.1, 0.15) is 35.8 Å². The number of carbonyl (C=O) groups excluding carboxylic acids is 4. The number of aryl methyl sites for hydroxylation is 1. The van der Waals surface area contributed by atoms with Gasteiger partial charge in [-0.25, -0.2) is 4.98 Å². The number of pyridine rings is 1. The molecule has 15 nitrogen and oxygen atoms in total. The Morgan fingerprint density at radius 3 is 2.47 bits per heavy atom. The molecule has 57 heavy (non-hydrogen) atoms. The lowest BCUT2D eigenvalue weighted by Gasteiger charge is -2.36. The van der Waals surface area contributed by atoms with Crippen LogP contribution in [0.15, 0.2) is 72.9 Å². The molecule has 2 aromatic heterocycles. The number of likely N-dealkylation sites (tertiary alicyclic amines) is 1. The zero-order chi connectivity index (χ0) is 40.7. The van der Waals surface area contributed by atoms with Crippen molar-refractivity contribution in [2.45, 2.75) is 77.8 Å². The molecule has 0 spiro atoms. The van der Waals surface area contributed by atoms with Crippen LogP contribution in [0.25, 0.3) is 11.4 Å². The first-order valence-corrected chi connectivity index (χ1v) is 19.2. The van der Waals surface area contributed by atoms with E-state index in [4.69, 9.17) is 9.47 Å². The number of benzene rings is 2. The molecule has 0 saturated carbocycles. The molecule has 302 valence electrons. The Bertz CT molecular complexity index is 2040. The van der Waals surface area contributed by atoms with Crippen molar-refractivity contribution < 1.29 is 33.8 Å². The van der Waals surface area contributed by atoms with Gasteiger partial charge in [0.25, 0.3) is 5.91 Å². The highest BCUT2D eigenvalue weighted by atomic mass is 16.5. The van der Waals surface area contributed by atoms with Crippen LogP contribution in [0.5, 0.6) is 5.75 Å². The van der Waals surface area contributed by atoms with Crippen molar-refractivity contribution in [3.63, 3.8) is 0 Å². The van der Waals surface area contributed by atoms with E-state index in [-0.39, 0.29) is 43.2 Å². The number of anilines is 2. The summed E-state index contributed by atoms with van der Waals surface area (Å²) in [7, 11) is 1.55. The highest BCUT2D eigenvalue weighted by Crippen LogP contribution is 2.32. The maximum Gasteiger partial charge on any atom is 0.274 e. The lowest BCUT2D eigenvalue weighted by Crippen LogP contribution is -2.58. The fourth-order valence-corrected chi connectivity index (χ4v) is 7.18. The Kier molecular flexibility index (Phi) is 12.9. The van der Waals surface area contributed by atoms with Crippen LogP contribution in [-0.2, 0) is 25.7 Å². The molecule has 0 radical (unpaired) electrons. The van der Waals surface area contributed by atoms with E-state index in [1.807, 2.05) is 64.1 Å². The van der Waals surface area contributed by atoms with Crippen molar-refractivity contribution in [3.8, 4) is 17.1 Å². The van der Waals surface area contributed by atoms with Gasteiger partial charge in [-0.2, -0.15) is 5.10 Å². The summed E-state index contributed by atoms with van der Waals surface area (Å²) in [5.41, 5.74) is 4.20. The van der Waals surface area contributed by atoms with Gasteiger partial charge in [-0.3, -0.25) is 24.3 Å². The van der Waals surface area contributed by atoms with Crippen LogP contribution in [0, 0.1) is 12.3 Å². The highest BCUT2D eigenvalue weighted by Gasteiger charge is 2.44. The number of hydrogen-bond acceptors (Lipinski definition) is 10. The molecule has 4 aromatic rings. The highest BCUT2D eigenvalue weighted by molar-refractivity contribution is 6.04. The summed E-state index contributed by atoms with van der Waals surface area (Å²) in [5, 5.41) is 26.1. The first-order valence-electron chi connectivity index (χ1n) is 19.2. The SMILES string of the molecule is COc1cc(N2CCC(OCC(=O)N[C@H](C(=O)N3C[C@H](O)C[C@H]3C(=O)NCc3ccccc3C)C(C)(C)C)CC2)ccc1NC(=O)c1cccc(-c2cc[nH]n2)n1. The number of aliphatic hydroxyl groups excluding tert-OH is 1. The molecule has 6 rings (SSSR count). The molecule has 2 fully saturated rings. The van der Waals surface area contributed by atoms with E-state index < -0.39 is 35.4 Å². The van der Waals surface area contributed by atoms with E-state index in [0.717, 1.165) is 16.8 Å². The number of hydrogen-bond donors (Lipinski definition) is 5. The Balaban J connectivity index is 0.993. The average Bonchev–Trinajstić information content (AvgIpc) is 3.89. The van der Waals surface area contributed by atoms with Crippen LogP contribution in [-0.4, -0.2) is 106 Å². The van der Waals surface area contributed by atoms with Crippen LogP contribution >= 0.6 is 0 Å². The maximum atomic E-state index is 14.0. The Hall–Kier alpha value is -5.80. The van der Waals surface area contributed by atoms with Crippen LogP contribution in [0.1, 0.15) is 61.6 Å². The van der Waals surface area contributed by atoms with Crippen molar-refractivity contribution in [2.24, 2.45) is 5.41 Å². The number of aliphatic hydroxyl groups is 1. The standard InChI is InChI=1S/C42H52N8O7/c1-26-9-6-7-10-27(26)23-43-40(54)35-22-29(51)24-50(35)41(55)38(42(2,3)4)47-37(52)25-57-30-16-19-49(20-17-30)28-13-14-33(36(21-28)56-5)46-39(53)34-12-8-11-31(45-34)32-15-18-44-48-32/h6-15,18,21,29-30,35,38,51H,16-17,19-20,22-25H2,1-5H3,(H,43,54)(H,44,48)(H,46,53)(H,47,52)/t29-,35+,38-/m1/s1. The van der Waals surface area contributed by atoms with E-state index >= 15 is 0 Å². The van der Waals surface area contributed by atoms with E-state index in [0.29, 0.717) is 55.3 Å². The van der Waals surface area contributed by atoms with Gasteiger partial charge in [-0.05, 0) is 66.6 Å². The maximum absolute atomic E-state index is 14.0. The second-order valence-corrected chi connectivity index (χ2v) is 15.6. The zero-order valence-electron chi connectivity index (χ0n) is 33.1. The average molecular weight is 781 g/mol. The summed E-state index contributed by atoms with van der Waals surface area (Å²) >= 11 is 0. The minimum absolute atomic E-state index is 0.00118. The van der Waals surface area contributed by atoms with Gasteiger partial charge in [-0.1, -0.05) is 51.1 Å². The van der Waals surface area contributed by atoms with Crippen molar-refractivity contribution >= 4 is 35.0 Å². The summed E-state index contributed by atoms with van der Waals surface area (Å²) in [5.74, 6) is -1.08. The largest absolute Gasteiger partial charge is 0.494 e. The summed E-state index contributed by atoms with van der Waals surface area (Å²) in [6.07, 6.45) is 2.11. The van der Waals surface area contributed by atoms with Gasteiger partial charge in [0.15, 0.2) is 0 Å². The topological polar surface area (TPSA) is 191 Å². The number of H-pyrrole nitrogens is 1. The van der Waals surface area contributed by atoms with Crippen molar-refractivity contribution in [2.75, 3.05) is 43.6 Å². The molecule has 2 aromatic carbocycles. The van der Waals surface area contributed by atoms with E-state index in [9.17, 15) is 24.3 Å². The van der Waals surface area contributed by atoms with Gasteiger partial charge in [0.05, 0.1) is 30.7 Å². The predicted octanol–water partition coefficient (Wildman–Crippen LogP) is 3.84. The molecule has 4 amide bonds. The second kappa shape index (κ2) is 18.0. The molecule has 5 N–H and O–H groups in total. The fraction of sp³-hybridized carbons (Fsp3) is 0.429. The molecule has 2 saturated heterocycles. The molecular weight excluding hydrogens is 729 g/mol. The predicted molar refractivity (Wildman–Crippen MR) is 214 cm³/mol. The number of ether oxygens (including phenoxy) is 2. The lowest BCUT2D eigenvalue weighted by atomic mass is 9.85. The molecule has 3 atom stereocenters. The molecule has 0 aliphatic carbocycles. The lowest BCUT2D eigenvalue weighted by molar-refractivity contribution is -0.145. The number of rotatable bonds is 13. The Labute approximate surface area is 332 Å². The third-order valence-corrected chi connectivity index (χ3v) is 10.4. The molecule has 2 aliphatic rings. The van der Waals surface area contributed by atoms with Gasteiger partial charge in [0, 0.05) is 50.6 Å². The molecule has 0 unspecified atom stereocenters. The van der Waals surface area contributed by atoms with E-state index in [2.05, 4.69) is 36.0 Å². The van der Waals surface area contributed by atoms with E-state index in [1.165, 1.54) is 4.90 Å². The molecular formula is C42H52N8O7. The van der Waals surface area contributed by atoms with E-state index in [1.54, 1.807) is 43.6 Å². The van der Waals surface area contributed by atoms with Gasteiger partial charge in [0.2, 0.25) is 17.7 Å². The molecule has 4 heterocycles. The Morgan fingerprint density at radius 2 is 1.77 bits per heavy atom. The second-order valence-electron chi connectivity index (χ2n) is 15.6. The smallest absolute Gasteiger partial charge is 0.274 e. The molecule has 15 heteroatoms. The number of methoxy groups -OCH3 is 1. The quantitative estimate of drug-likeness (QED) is 0.133. The van der Waals surface area contributed by atoms with Crippen molar-refractivity contribution in [1.29, 1.82) is 0 Å². The van der Waals surface area contributed by atoms with Crippen LogP contribution in [0.3, 0.4) is 0 Å². The minimum atomic E-state index is -0.946. The van der Waals surface area contributed by atoms with Gasteiger partial charge >= 0.3 is 0 Å².